The molecule has 1 heterocycles. The van der Waals surface area contributed by atoms with Gasteiger partial charge in [-0.25, -0.2) is 4.98 Å². The van der Waals surface area contributed by atoms with Crippen molar-refractivity contribution in [3.8, 4) is 0 Å². The van der Waals surface area contributed by atoms with Crippen molar-refractivity contribution in [2.45, 2.75) is 26.7 Å². The van der Waals surface area contributed by atoms with Crippen molar-refractivity contribution in [2.24, 2.45) is 17.8 Å². The summed E-state index contributed by atoms with van der Waals surface area (Å²) < 4.78 is 1.14. The summed E-state index contributed by atoms with van der Waals surface area (Å²) in [7, 11) is 0. The lowest BCUT2D eigenvalue weighted by Gasteiger charge is -2.16. The molecule has 3 atom stereocenters. The van der Waals surface area contributed by atoms with E-state index in [2.05, 4.69) is 48.4 Å². The molecule has 1 aromatic heterocycles. The highest BCUT2D eigenvalue weighted by atomic mass is 32.1. The van der Waals surface area contributed by atoms with E-state index in [0.29, 0.717) is 11.8 Å². The third kappa shape index (κ3) is 2.18. The van der Waals surface area contributed by atoms with Crippen molar-refractivity contribution < 1.29 is 4.79 Å². The van der Waals surface area contributed by atoms with Gasteiger partial charge in [-0.05, 0) is 61.8 Å². The van der Waals surface area contributed by atoms with Gasteiger partial charge in [-0.15, -0.1) is 0 Å². The number of amides is 1. The van der Waals surface area contributed by atoms with E-state index in [0.717, 1.165) is 28.2 Å². The average molecular weight is 298 g/mol. The minimum absolute atomic E-state index is 0.135. The van der Waals surface area contributed by atoms with Gasteiger partial charge >= 0.3 is 0 Å². The van der Waals surface area contributed by atoms with Crippen LogP contribution in [0.3, 0.4) is 0 Å². The van der Waals surface area contributed by atoms with E-state index in [-0.39, 0.29) is 11.8 Å². The summed E-state index contributed by atoms with van der Waals surface area (Å²) in [6.45, 7) is 4.20. The lowest BCUT2D eigenvalue weighted by Crippen LogP contribution is -2.25. The predicted octanol–water partition coefficient (Wildman–Crippen LogP) is 4.06. The van der Waals surface area contributed by atoms with Gasteiger partial charge in [-0.3, -0.25) is 4.79 Å². The largest absolute Gasteiger partial charge is 0.302 e. The highest BCUT2D eigenvalue weighted by Crippen LogP contribution is 2.44. The molecule has 3 nitrogen and oxygen atoms in total. The van der Waals surface area contributed by atoms with Gasteiger partial charge in [0.15, 0.2) is 5.13 Å². The van der Waals surface area contributed by atoms with Crippen molar-refractivity contribution in [2.75, 3.05) is 5.32 Å². The molecule has 2 aliphatic rings. The maximum absolute atomic E-state index is 12.4. The molecular weight excluding hydrogens is 280 g/mol. The molecule has 1 aromatic carbocycles. The molecule has 108 valence electrons. The predicted molar refractivity (Wildman–Crippen MR) is 86.6 cm³/mol. The molecule has 4 rings (SSSR count). The van der Waals surface area contributed by atoms with Gasteiger partial charge in [0.05, 0.1) is 10.2 Å². The Balaban J connectivity index is 1.57. The fourth-order valence-corrected chi connectivity index (χ4v) is 4.46. The van der Waals surface area contributed by atoms with E-state index in [4.69, 9.17) is 0 Å². The minimum Gasteiger partial charge on any atom is -0.302 e. The first-order chi connectivity index (χ1) is 10.1. The van der Waals surface area contributed by atoms with Crippen LogP contribution in [-0.4, -0.2) is 10.9 Å². The van der Waals surface area contributed by atoms with Crippen molar-refractivity contribution in [1.29, 1.82) is 0 Å². The zero-order valence-corrected chi connectivity index (χ0v) is 13.0. The van der Waals surface area contributed by atoms with Crippen LogP contribution in [0.25, 0.3) is 10.2 Å². The molecule has 1 fully saturated rings. The lowest BCUT2D eigenvalue weighted by atomic mass is 9.93. The number of allylic oxidation sites excluding steroid dienone is 2. The average Bonchev–Trinajstić information content (AvgIpc) is 3.14. The number of aromatic nitrogens is 1. The summed E-state index contributed by atoms with van der Waals surface area (Å²) in [5, 5.41) is 3.76. The number of aryl methyl sites for hydroxylation is 2. The topological polar surface area (TPSA) is 42.0 Å². The van der Waals surface area contributed by atoms with Crippen molar-refractivity contribution in [3.63, 3.8) is 0 Å². The second-order valence-corrected chi connectivity index (χ2v) is 7.33. The molecule has 2 aromatic rings. The Kier molecular flexibility index (Phi) is 2.89. The third-order valence-corrected chi connectivity index (χ3v) is 5.78. The SMILES string of the molecule is Cc1cc2nc(NC(=O)C3CC4C=CC3C4)sc2cc1C. The fourth-order valence-electron chi connectivity index (χ4n) is 3.51. The summed E-state index contributed by atoms with van der Waals surface area (Å²) in [4.78, 5) is 17.0. The second kappa shape index (κ2) is 4.67. The molecule has 0 spiro atoms. The lowest BCUT2D eigenvalue weighted by molar-refractivity contribution is -0.120. The highest BCUT2D eigenvalue weighted by Gasteiger charge is 2.39. The van der Waals surface area contributed by atoms with Crippen LogP contribution in [0.2, 0.25) is 0 Å². The number of nitrogens with one attached hydrogen (secondary N) is 1. The van der Waals surface area contributed by atoms with Crippen molar-refractivity contribution in [3.05, 3.63) is 35.4 Å². The fraction of sp³-hybridized carbons (Fsp3) is 0.412. The number of benzene rings is 1. The first-order valence-corrected chi connectivity index (χ1v) is 8.29. The van der Waals surface area contributed by atoms with Gasteiger partial charge in [-0.1, -0.05) is 23.5 Å². The van der Waals surface area contributed by atoms with Crippen LogP contribution in [0.4, 0.5) is 5.13 Å². The number of hydrogen-bond acceptors (Lipinski definition) is 3. The van der Waals surface area contributed by atoms with Gasteiger partial charge in [-0.2, -0.15) is 0 Å². The molecule has 2 aliphatic carbocycles. The van der Waals surface area contributed by atoms with Crippen LogP contribution in [0, 0.1) is 31.6 Å². The van der Waals surface area contributed by atoms with E-state index in [1.54, 1.807) is 11.3 Å². The number of anilines is 1. The normalized spacial score (nSPS) is 26.7. The molecule has 21 heavy (non-hydrogen) atoms. The van der Waals surface area contributed by atoms with Crippen LogP contribution in [-0.2, 0) is 4.79 Å². The van der Waals surface area contributed by atoms with E-state index in [9.17, 15) is 4.79 Å². The third-order valence-electron chi connectivity index (χ3n) is 4.85. The summed E-state index contributed by atoms with van der Waals surface area (Å²) in [6, 6.07) is 4.25. The number of carbonyl (C=O) groups excluding carboxylic acids is 1. The number of fused-ring (bicyclic) bond motifs is 3. The molecule has 1 N–H and O–H groups in total. The molecule has 4 heteroatoms. The monoisotopic (exact) mass is 298 g/mol. The van der Waals surface area contributed by atoms with E-state index < -0.39 is 0 Å². The molecular formula is C17H18N2OS. The van der Waals surface area contributed by atoms with Crippen molar-refractivity contribution >= 4 is 32.6 Å². The van der Waals surface area contributed by atoms with Crippen LogP contribution in [0.15, 0.2) is 24.3 Å². The Morgan fingerprint density at radius 2 is 2.05 bits per heavy atom. The van der Waals surface area contributed by atoms with Crippen LogP contribution in [0.1, 0.15) is 24.0 Å². The van der Waals surface area contributed by atoms with Gasteiger partial charge in [0, 0.05) is 5.92 Å². The van der Waals surface area contributed by atoms with Gasteiger partial charge in [0.25, 0.3) is 0 Å². The number of hydrogen-bond donors (Lipinski definition) is 1. The summed E-state index contributed by atoms with van der Waals surface area (Å²) >= 11 is 1.57. The smallest absolute Gasteiger partial charge is 0.229 e. The Bertz CT molecular complexity index is 722. The molecule has 2 bridgehead atoms. The molecule has 0 saturated heterocycles. The maximum atomic E-state index is 12.4. The zero-order chi connectivity index (χ0) is 14.6. The molecule has 3 unspecified atom stereocenters. The summed E-state index contributed by atoms with van der Waals surface area (Å²) in [6.07, 6.45) is 6.62. The molecule has 1 amide bonds. The highest BCUT2D eigenvalue weighted by molar-refractivity contribution is 7.22. The number of nitrogens with zero attached hydrogens (tertiary/aromatic N) is 1. The number of carbonyl (C=O) groups is 1. The number of thiazole rings is 1. The second-order valence-electron chi connectivity index (χ2n) is 6.30. The Morgan fingerprint density at radius 1 is 1.24 bits per heavy atom. The molecule has 0 aliphatic heterocycles. The summed E-state index contributed by atoms with van der Waals surface area (Å²) in [5.41, 5.74) is 3.48. The summed E-state index contributed by atoms with van der Waals surface area (Å²) in [5.74, 6) is 1.33. The first kappa shape index (κ1) is 13.0. The number of rotatable bonds is 2. The van der Waals surface area contributed by atoms with Crippen LogP contribution in [0.5, 0.6) is 0 Å². The maximum Gasteiger partial charge on any atom is 0.229 e. The van der Waals surface area contributed by atoms with Crippen molar-refractivity contribution in [1.82, 2.24) is 4.98 Å². The van der Waals surface area contributed by atoms with E-state index in [1.807, 2.05) is 0 Å². The molecule has 1 saturated carbocycles. The van der Waals surface area contributed by atoms with E-state index in [1.165, 1.54) is 11.1 Å². The van der Waals surface area contributed by atoms with Gasteiger partial charge in [0.1, 0.15) is 0 Å². The van der Waals surface area contributed by atoms with Gasteiger partial charge in [0.2, 0.25) is 5.91 Å². The Morgan fingerprint density at radius 3 is 2.76 bits per heavy atom. The van der Waals surface area contributed by atoms with E-state index >= 15 is 0 Å². The van der Waals surface area contributed by atoms with Gasteiger partial charge < -0.3 is 5.32 Å². The Hall–Kier alpha value is -1.68. The minimum atomic E-state index is 0.135. The standard InChI is InChI=1S/C17H18N2OS/c1-9-5-14-15(6-10(9)2)21-17(18-14)19-16(20)13-8-11-3-4-12(13)7-11/h3-6,11-13H,7-8H2,1-2H3,(H,18,19,20). The quantitative estimate of drug-likeness (QED) is 0.849. The zero-order valence-electron chi connectivity index (χ0n) is 12.2. The first-order valence-electron chi connectivity index (χ1n) is 7.47. The van der Waals surface area contributed by atoms with Crippen LogP contribution < -0.4 is 5.32 Å². The molecule has 0 radical (unpaired) electrons. The van der Waals surface area contributed by atoms with Crippen LogP contribution >= 0.6 is 11.3 Å². The Labute approximate surface area is 128 Å².